The fourth-order valence-corrected chi connectivity index (χ4v) is 5.38. The maximum Gasteiger partial charge on any atom is 0.295 e. The Balaban J connectivity index is 2.55. The minimum atomic E-state index is -4.53. The summed E-state index contributed by atoms with van der Waals surface area (Å²) in [4.78, 5) is 11.8. The fraction of sp³-hybridized carbons (Fsp3) is 0.0952. The Kier molecular flexibility index (Phi) is 6.60. The number of ketones is 1. The molecule has 0 saturated heterocycles. The van der Waals surface area contributed by atoms with Gasteiger partial charge in [0.05, 0.1) is 13.4 Å². The van der Waals surface area contributed by atoms with Crippen molar-refractivity contribution < 1.29 is 22.9 Å². The molecule has 0 atom stereocenters. The van der Waals surface area contributed by atoms with Gasteiger partial charge < -0.3 is 5.11 Å². The van der Waals surface area contributed by atoms with Crippen molar-refractivity contribution in [2.45, 2.75) is 18.7 Å². The van der Waals surface area contributed by atoms with Gasteiger partial charge in [0.25, 0.3) is 10.1 Å². The van der Waals surface area contributed by atoms with Gasteiger partial charge in [-0.3, -0.25) is 9.35 Å². The highest BCUT2D eigenvalue weighted by Gasteiger charge is 2.26. The average molecular weight is 619 g/mol. The van der Waals surface area contributed by atoms with Gasteiger partial charge in [-0.2, -0.15) is 8.42 Å². The monoisotopic (exact) mass is 616 g/mol. The Bertz CT molecular complexity index is 1290. The summed E-state index contributed by atoms with van der Waals surface area (Å²) in [5, 5.41) is 10.3. The molecule has 0 saturated carbocycles. The van der Waals surface area contributed by atoms with Crippen LogP contribution in [0.25, 0.3) is 5.57 Å². The first kappa shape index (κ1) is 23.1. The fourth-order valence-electron chi connectivity index (χ4n) is 3.22. The van der Waals surface area contributed by atoms with E-state index in [0.29, 0.717) is 41.3 Å². The van der Waals surface area contributed by atoms with E-state index in [4.69, 9.17) is 0 Å². The molecule has 0 fully saturated rings. The zero-order chi connectivity index (χ0) is 22.4. The second-order valence-electron chi connectivity index (χ2n) is 6.64. The van der Waals surface area contributed by atoms with Gasteiger partial charge in [-0.1, -0.05) is 18.2 Å². The maximum absolute atomic E-state index is 12.1. The molecule has 2 aromatic carbocycles. The highest BCUT2D eigenvalue weighted by molar-refractivity contribution is 9.12. The number of hydrogen-bond acceptors (Lipinski definition) is 4. The van der Waals surface area contributed by atoms with Crippen LogP contribution in [0, 0.1) is 6.92 Å². The lowest BCUT2D eigenvalue weighted by molar-refractivity contribution is -0.110. The molecule has 9 heteroatoms. The molecule has 0 heterocycles. The first-order chi connectivity index (χ1) is 13.9. The second-order valence-corrected chi connectivity index (χ2v) is 10.5. The molecule has 30 heavy (non-hydrogen) atoms. The van der Waals surface area contributed by atoms with E-state index in [1.807, 2.05) is 0 Å². The van der Waals surface area contributed by atoms with Crippen LogP contribution < -0.4 is 0 Å². The summed E-state index contributed by atoms with van der Waals surface area (Å²) < 4.78 is 35.2. The van der Waals surface area contributed by atoms with E-state index in [1.165, 1.54) is 18.2 Å². The number of carbonyl (C=O) groups excluding carboxylic acids is 1. The molecule has 0 aromatic heterocycles. The summed E-state index contributed by atoms with van der Waals surface area (Å²) in [5.41, 5.74) is 3.24. The summed E-state index contributed by atoms with van der Waals surface area (Å²) in [7, 11) is -4.53. The van der Waals surface area contributed by atoms with Gasteiger partial charge in [0.2, 0.25) is 0 Å². The molecule has 5 nitrogen and oxygen atoms in total. The van der Waals surface area contributed by atoms with Gasteiger partial charge in [0, 0.05) is 5.56 Å². The van der Waals surface area contributed by atoms with E-state index in [-0.39, 0.29) is 22.0 Å². The summed E-state index contributed by atoms with van der Waals surface area (Å²) >= 11 is 9.96. The first-order valence-corrected chi connectivity index (χ1v) is 12.3. The molecule has 156 valence electrons. The number of halogens is 3. The van der Waals surface area contributed by atoms with Crippen LogP contribution in [0.5, 0.6) is 5.75 Å². The molecule has 0 bridgehead atoms. The van der Waals surface area contributed by atoms with E-state index in [1.54, 1.807) is 38.1 Å². The zero-order valence-corrected chi connectivity index (χ0v) is 21.3. The molecule has 0 unspecified atom stereocenters. The smallest absolute Gasteiger partial charge is 0.295 e. The van der Waals surface area contributed by atoms with Gasteiger partial charge in [-0.25, -0.2) is 0 Å². The molecule has 1 aliphatic rings. The Morgan fingerprint density at radius 3 is 2.27 bits per heavy atom. The van der Waals surface area contributed by atoms with Crippen LogP contribution in [0.15, 0.2) is 72.0 Å². The normalized spacial score (nSPS) is 16.3. The van der Waals surface area contributed by atoms with Crippen LogP contribution in [0.4, 0.5) is 0 Å². The average Bonchev–Trinajstić information content (AvgIpc) is 2.67. The van der Waals surface area contributed by atoms with Crippen LogP contribution >= 0.6 is 47.8 Å². The number of phenols is 1. The van der Waals surface area contributed by atoms with E-state index >= 15 is 0 Å². The van der Waals surface area contributed by atoms with E-state index < -0.39 is 10.1 Å². The lowest BCUT2D eigenvalue weighted by atomic mass is 9.85. The van der Waals surface area contributed by atoms with Gasteiger partial charge in [-0.05, 0) is 114 Å². The molecule has 2 aromatic rings. The van der Waals surface area contributed by atoms with Crippen molar-refractivity contribution in [2.75, 3.05) is 0 Å². The first-order valence-electron chi connectivity index (χ1n) is 8.52. The molecule has 0 amide bonds. The Hall–Kier alpha value is -1.52. The van der Waals surface area contributed by atoms with Crippen molar-refractivity contribution in [2.24, 2.45) is 0 Å². The molecule has 3 rings (SSSR count). The zero-order valence-electron chi connectivity index (χ0n) is 15.7. The van der Waals surface area contributed by atoms with Crippen LogP contribution in [0.1, 0.15) is 23.6 Å². The van der Waals surface area contributed by atoms with E-state index in [0.717, 1.165) is 0 Å². The molecule has 2 N–H and O–H groups in total. The standard InChI is InChI=1S/C21H15Br3O5S/c1-10-7-17(25)15(22)8-13(10)19(12-5-3-4-6-18(12)30(27,28)29)14-9-16(23)21(26)20(24)11(14)2/h3-9,26H,1-2H3,(H,27,28,29)/b19-13+. The third-order valence-electron chi connectivity index (χ3n) is 4.69. The van der Waals surface area contributed by atoms with Crippen molar-refractivity contribution in [1.82, 2.24) is 0 Å². The minimum absolute atomic E-state index is 0.00599. The third kappa shape index (κ3) is 4.27. The van der Waals surface area contributed by atoms with Crippen molar-refractivity contribution in [3.8, 4) is 5.75 Å². The number of phenolic OH excluding ortho intramolecular Hbond substituents is 1. The number of aromatic hydroxyl groups is 1. The van der Waals surface area contributed by atoms with Gasteiger partial charge in [-0.15, -0.1) is 0 Å². The summed E-state index contributed by atoms with van der Waals surface area (Å²) in [6, 6.07) is 7.76. The SMILES string of the molecule is CC1=CC(=O)C(Br)=C/C1=C(/c1ccccc1S(=O)(=O)O)c1cc(Br)c(O)c(Br)c1C. The lowest BCUT2D eigenvalue weighted by Crippen LogP contribution is -2.09. The highest BCUT2D eigenvalue weighted by Crippen LogP contribution is 2.44. The van der Waals surface area contributed by atoms with Crippen LogP contribution in [0.3, 0.4) is 0 Å². The van der Waals surface area contributed by atoms with Gasteiger partial charge >= 0.3 is 0 Å². The van der Waals surface area contributed by atoms with E-state index in [2.05, 4.69) is 47.8 Å². The van der Waals surface area contributed by atoms with Crippen molar-refractivity contribution in [3.05, 3.63) is 83.7 Å². The third-order valence-corrected chi connectivity index (χ3v) is 7.80. The lowest BCUT2D eigenvalue weighted by Gasteiger charge is -2.22. The van der Waals surface area contributed by atoms with Crippen molar-refractivity contribution >= 4 is 69.3 Å². The van der Waals surface area contributed by atoms with Crippen LogP contribution in [-0.2, 0) is 14.9 Å². The van der Waals surface area contributed by atoms with Gasteiger partial charge in [0.1, 0.15) is 10.6 Å². The molecule has 0 radical (unpaired) electrons. The topological polar surface area (TPSA) is 91.7 Å². The van der Waals surface area contributed by atoms with E-state index in [9.17, 15) is 22.9 Å². The van der Waals surface area contributed by atoms with Crippen LogP contribution in [0.2, 0.25) is 0 Å². The van der Waals surface area contributed by atoms with Crippen molar-refractivity contribution in [1.29, 1.82) is 0 Å². The summed E-state index contributed by atoms with van der Waals surface area (Å²) in [6.45, 7) is 3.52. The Labute approximate surface area is 199 Å². The highest BCUT2D eigenvalue weighted by atomic mass is 79.9. The molecular formula is C21H15Br3O5S. The number of benzene rings is 2. The maximum atomic E-state index is 12.1. The number of carbonyl (C=O) groups is 1. The molecule has 0 aliphatic heterocycles. The molecule has 1 aliphatic carbocycles. The number of rotatable bonds is 3. The Morgan fingerprint density at radius 1 is 1.00 bits per heavy atom. The summed E-state index contributed by atoms with van der Waals surface area (Å²) in [5.74, 6) is -0.199. The summed E-state index contributed by atoms with van der Waals surface area (Å²) in [6.07, 6.45) is 3.08. The predicted octanol–water partition coefficient (Wildman–Crippen LogP) is 6.08. The predicted molar refractivity (Wildman–Crippen MR) is 126 cm³/mol. The Morgan fingerprint density at radius 2 is 1.63 bits per heavy atom. The largest absolute Gasteiger partial charge is 0.506 e. The molecular weight excluding hydrogens is 604 g/mol. The van der Waals surface area contributed by atoms with Crippen LogP contribution in [-0.4, -0.2) is 23.9 Å². The number of allylic oxidation sites excluding steroid dienone is 5. The minimum Gasteiger partial charge on any atom is -0.506 e. The second kappa shape index (κ2) is 8.55. The van der Waals surface area contributed by atoms with Crippen molar-refractivity contribution in [3.63, 3.8) is 0 Å². The quantitative estimate of drug-likeness (QED) is 0.407. The van der Waals surface area contributed by atoms with Gasteiger partial charge in [0.15, 0.2) is 5.78 Å². The number of hydrogen-bond donors (Lipinski definition) is 2. The molecule has 0 spiro atoms.